The molecule has 0 spiro atoms. The molecule has 0 aliphatic carbocycles. The minimum atomic E-state index is -0.282. The van der Waals surface area contributed by atoms with Crippen LogP contribution in [0.25, 0.3) is 43.6 Å². The van der Waals surface area contributed by atoms with Crippen molar-refractivity contribution in [2.24, 2.45) is 4.99 Å². The second-order valence-electron chi connectivity index (χ2n) is 9.30. The lowest BCUT2D eigenvalue weighted by atomic mass is 9.93. The summed E-state index contributed by atoms with van der Waals surface area (Å²) in [5.41, 5.74) is 7.64. The highest BCUT2D eigenvalue weighted by molar-refractivity contribution is 6.10. The van der Waals surface area contributed by atoms with Crippen molar-refractivity contribution in [3.63, 3.8) is 0 Å². The molecule has 0 fully saturated rings. The van der Waals surface area contributed by atoms with Gasteiger partial charge in [0.25, 0.3) is 0 Å². The third kappa shape index (κ3) is 4.22. The summed E-state index contributed by atoms with van der Waals surface area (Å²) in [7, 11) is 0. The van der Waals surface area contributed by atoms with E-state index >= 15 is 0 Å². The fourth-order valence-corrected chi connectivity index (χ4v) is 5.14. The van der Waals surface area contributed by atoms with Crippen molar-refractivity contribution in [2.45, 2.75) is 62.3 Å². The van der Waals surface area contributed by atoms with E-state index in [2.05, 4.69) is 34.6 Å². The second-order valence-corrected chi connectivity index (χ2v) is 9.30. The van der Waals surface area contributed by atoms with E-state index in [4.69, 9.17) is 15.0 Å². The lowest BCUT2D eigenvalue weighted by Gasteiger charge is -2.15. The van der Waals surface area contributed by atoms with Crippen LogP contribution in [0.3, 0.4) is 0 Å². The Labute approximate surface area is 228 Å². The molecule has 198 valence electrons. The minimum absolute atomic E-state index is 0.0951. The summed E-state index contributed by atoms with van der Waals surface area (Å²) in [5, 5.41) is 3.18. The van der Waals surface area contributed by atoms with Crippen molar-refractivity contribution >= 4 is 49.3 Å². The lowest BCUT2D eigenvalue weighted by molar-refractivity contribution is 1.15. The SMILES string of the molecule is CC.CC.Cc1c(C)c(C)c(N=c2c3ccccc3c3nc4c(=O)c5ccccc5c(=O)c4nc23)c(C)c1C. The zero-order valence-corrected chi connectivity index (χ0v) is 24.3. The Morgan fingerprint density at radius 1 is 0.487 bits per heavy atom. The van der Waals surface area contributed by atoms with E-state index < -0.39 is 0 Å². The van der Waals surface area contributed by atoms with Crippen LogP contribution in [0.2, 0.25) is 0 Å². The molecule has 5 nitrogen and oxygen atoms in total. The number of benzene rings is 4. The molecule has 0 aliphatic heterocycles. The molecular formula is C34H35N3O2. The number of fused-ring (bicyclic) bond motifs is 5. The average molecular weight is 518 g/mol. The summed E-state index contributed by atoms with van der Waals surface area (Å²) in [6, 6.07) is 14.7. The first-order valence-corrected chi connectivity index (χ1v) is 13.7. The number of hydrogen-bond donors (Lipinski definition) is 0. The average Bonchev–Trinajstić information content (AvgIpc) is 3.29. The van der Waals surface area contributed by atoms with E-state index in [-0.39, 0.29) is 21.9 Å². The third-order valence-electron chi connectivity index (χ3n) is 7.59. The molecule has 0 radical (unpaired) electrons. The topological polar surface area (TPSA) is 72.3 Å². The Hall–Kier alpha value is -4.25. The summed E-state index contributed by atoms with van der Waals surface area (Å²) >= 11 is 0. The molecule has 0 saturated carbocycles. The van der Waals surface area contributed by atoms with Gasteiger partial charge in [-0.1, -0.05) is 76.2 Å². The highest BCUT2D eigenvalue weighted by Gasteiger charge is 2.19. The highest BCUT2D eigenvalue weighted by Crippen LogP contribution is 2.33. The van der Waals surface area contributed by atoms with Gasteiger partial charge in [0.05, 0.1) is 16.6 Å². The molecule has 0 N–H and O–H groups in total. The van der Waals surface area contributed by atoms with Crippen LogP contribution < -0.4 is 16.2 Å². The lowest BCUT2D eigenvalue weighted by Crippen LogP contribution is -2.16. The number of hydrogen-bond acceptors (Lipinski definition) is 5. The molecule has 39 heavy (non-hydrogen) atoms. The van der Waals surface area contributed by atoms with Gasteiger partial charge in [-0.2, -0.15) is 0 Å². The predicted molar refractivity (Wildman–Crippen MR) is 165 cm³/mol. The first kappa shape index (κ1) is 27.8. The molecule has 0 bridgehead atoms. The monoisotopic (exact) mass is 517 g/mol. The van der Waals surface area contributed by atoms with Crippen molar-refractivity contribution in [3.8, 4) is 0 Å². The second kappa shape index (κ2) is 10.9. The van der Waals surface area contributed by atoms with Gasteiger partial charge in [0.2, 0.25) is 10.9 Å². The maximum absolute atomic E-state index is 13.3. The Bertz CT molecular complexity index is 2020. The van der Waals surface area contributed by atoms with Gasteiger partial charge in [-0.3, -0.25) is 9.59 Å². The molecule has 0 aliphatic rings. The van der Waals surface area contributed by atoms with Crippen LogP contribution in [-0.2, 0) is 0 Å². The molecule has 0 unspecified atom stereocenters. The largest absolute Gasteiger partial charge is 0.287 e. The zero-order chi connectivity index (χ0) is 28.6. The molecule has 0 saturated heterocycles. The van der Waals surface area contributed by atoms with E-state index in [1.807, 2.05) is 52.0 Å². The van der Waals surface area contributed by atoms with Crippen molar-refractivity contribution in [2.75, 3.05) is 0 Å². The smallest absolute Gasteiger partial charge is 0.214 e. The molecule has 1 aromatic heterocycles. The molecule has 0 amide bonds. The summed E-state index contributed by atoms with van der Waals surface area (Å²) in [4.78, 5) is 41.3. The molecule has 6 rings (SSSR count). The standard InChI is InChI=1S/C30H23N3O2.2C2H6/c1-14-15(2)17(4)23(18(5)16(14)3)31-24-19-10-6-7-11-20(19)25-26(24)33-28-27(32-25)29(34)21-12-8-9-13-22(21)30(28)35;2*1-2/h6-13H,1-5H3;2*1-2H3. The third-order valence-corrected chi connectivity index (χ3v) is 7.59. The molecule has 6 aromatic rings. The van der Waals surface area contributed by atoms with Crippen LogP contribution >= 0.6 is 0 Å². The number of nitrogens with zero attached hydrogens (tertiary/aromatic N) is 3. The van der Waals surface area contributed by atoms with E-state index in [1.165, 1.54) is 16.7 Å². The van der Waals surface area contributed by atoms with Gasteiger partial charge in [-0.25, -0.2) is 15.0 Å². The van der Waals surface area contributed by atoms with Crippen LogP contribution in [-0.4, -0.2) is 9.97 Å². The number of aromatic nitrogens is 2. The Morgan fingerprint density at radius 3 is 1.36 bits per heavy atom. The maximum Gasteiger partial charge on any atom is 0.214 e. The van der Waals surface area contributed by atoms with E-state index in [0.717, 1.165) is 27.6 Å². The summed E-state index contributed by atoms with van der Waals surface area (Å²) < 4.78 is 0. The van der Waals surface area contributed by atoms with Gasteiger partial charge in [0, 0.05) is 21.5 Å². The minimum Gasteiger partial charge on any atom is -0.287 e. The molecular weight excluding hydrogens is 482 g/mol. The van der Waals surface area contributed by atoms with Crippen molar-refractivity contribution < 1.29 is 0 Å². The predicted octanol–water partition coefficient (Wildman–Crippen LogP) is 7.51. The van der Waals surface area contributed by atoms with Crippen LogP contribution in [0.1, 0.15) is 55.5 Å². The van der Waals surface area contributed by atoms with Crippen molar-refractivity contribution in [3.05, 3.63) is 102 Å². The highest BCUT2D eigenvalue weighted by atomic mass is 16.1. The summed E-state index contributed by atoms with van der Waals surface area (Å²) in [6.45, 7) is 18.6. The van der Waals surface area contributed by atoms with Gasteiger partial charge in [-0.15, -0.1) is 0 Å². The summed E-state index contributed by atoms with van der Waals surface area (Å²) in [5.74, 6) is 0. The van der Waals surface area contributed by atoms with Gasteiger partial charge in [0.15, 0.2) is 0 Å². The Kier molecular flexibility index (Phi) is 7.73. The zero-order valence-electron chi connectivity index (χ0n) is 24.3. The molecule has 1 heterocycles. The summed E-state index contributed by atoms with van der Waals surface area (Å²) in [6.07, 6.45) is 0. The van der Waals surface area contributed by atoms with Crippen LogP contribution in [0.4, 0.5) is 5.69 Å². The van der Waals surface area contributed by atoms with Crippen LogP contribution in [0.5, 0.6) is 0 Å². The number of rotatable bonds is 1. The molecule has 5 heteroatoms. The molecule has 0 atom stereocenters. The van der Waals surface area contributed by atoms with Crippen LogP contribution in [0.15, 0.2) is 63.1 Å². The van der Waals surface area contributed by atoms with Crippen molar-refractivity contribution in [1.82, 2.24) is 9.97 Å². The van der Waals surface area contributed by atoms with Gasteiger partial charge >= 0.3 is 0 Å². The van der Waals surface area contributed by atoms with Gasteiger partial charge in [-0.05, 0) is 62.4 Å². The Morgan fingerprint density at radius 2 is 0.872 bits per heavy atom. The normalized spacial score (nSPS) is 11.6. The molecule has 5 aromatic carbocycles. The first-order valence-electron chi connectivity index (χ1n) is 13.7. The van der Waals surface area contributed by atoms with Crippen molar-refractivity contribution in [1.29, 1.82) is 0 Å². The fraction of sp³-hybridized carbons (Fsp3) is 0.265. The van der Waals surface area contributed by atoms with Gasteiger partial charge < -0.3 is 0 Å². The van der Waals surface area contributed by atoms with E-state index in [1.54, 1.807) is 24.3 Å². The van der Waals surface area contributed by atoms with E-state index in [0.29, 0.717) is 27.2 Å². The first-order chi connectivity index (χ1) is 18.8. The van der Waals surface area contributed by atoms with Crippen LogP contribution in [0, 0.1) is 34.6 Å². The van der Waals surface area contributed by atoms with E-state index in [9.17, 15) is 9.59 Å². The maximum atomic E-state index is 13.3. The fourth-order valence-electron chi connectivity index (χ4n) is 5.14. The quantitative estimate of drug-likeness (QED) is 0.212. The van der Waals surface area contributed by atoms with Gasteiger partial charge in [0.1, 0.15) is 16.6 Å². The Balaban J connectivity index is 0.000000845.